The molecule has 0 spiro atoms. The molecule has 0 aliphatic heterocycles. The molecule has 0 saturated heterocycles. The van der Waals surface area contributed by atoms with Crippen molar-refractivity contribution in [1.29, 1.82) is 0 Å². The van der Waals surface area contributed by atoms with Gasteiger partial charge in [0.1, 0.15) is 10.7 Å². The van der Waals surface area contributed by atoms with Crippen molar-refractivity contribution in [3.05, 3.63) is 79.7 Å². The Labute approximate surface area is 169 Å². The van der Waals surface area contributed by atoms with Gasteiger partial charge in [-0.05, 0) is 36.8 Å². The summed E-state index contributed by atoms with van der Waals surface area (Å²) in [7, 11) is 0. The van der Waals surface area contributed by atoms with E-state index in [9.17, 15) is 14.9 Å². The number of nitrogens with zero attached hydrogens (tertiary/aromatic N) is 3. The molecule has 1 N–H and O–H groups in total. The summed E-state index contributed by atoms with van der Waals surface area (Å²) >= 11 is 11.9. The van der Waals surface area contributed by atoms with Gasteiger partial charge in [-0.1, -0.05) is 29.3 Å². The number of carbonyl (C=O) groups excluding carboxylic acids is 1. The molecule has 0 aliphatic carbocycles. The second-order valence-electron chi connectivity index (χ2n) is 5.83. The van der Waals surface area contributed by atoms with Crippen LogP contribution in [0.5, 0.6) is 0 Å². The number of anilines is 1. The maximum atomic E-state index is 12.0. The Morgan fingerprint density at radius 1 is 1.29 bits per heavy atom. The van der Waals surface area contributed by atoms with Gasteiger partial charge in [0.05, 0.1) is 22.7 Å². The zero-order chi connectivity index (χ0) is 20.3. The van der Waals surface area contributed by atoms with Crippen molar-refractivity contribution in [1.82, 2.24) is 9.78 Å². The molecule has 0 fully saturated rings. The molecule has 0 bridgehead atoms. The summed E-state index contributed by atoms with van der Waals surface area (Å²) < 4.78 is 6.66. The summed E-state index contributed by atoms with van der Waals surface area (Å²) in [6, 6.07) is 9.66. The highest BCUT2D eigenvalue weighted by molar-refractivity contribution is 6.42. The van der Waals surface area contributed by atoms with E-state index in [0.29, 0.717) is 22.4 Å². The van der Waals surface area contributed by atoms with Gasteiger partial charge < -0.3 is 9.73 Å². The standard InChI is InChI=1S/C18H14Cl2N4O4/c1-11-8-16(22-23(11)10-12-2-5-14(19)15(20)9-12)21-17(25)6-3-13-4-7-18(28-13)24(26)27/h2-9H,10H2,1H3,(H,21,22,25)/b6-3+. The molecule has 1 amide bonds. The Balaban J connectivity index is 1.65. The molecule has 2 aromatic heterocycles. The highest BCUT2D eigenvalue weighted by Crippen LogP contribution is 2.23. The highest BCUT2D eigenvalue weighted by atomic mass is 35.5. The fourth-order valence-corrected chi connectivity index (χ4v) is 2.72. The lowest BCUT2D eigenvalue weighted by molar-refractivity contribution is -0.402. The zero-order valence-electron chi connectivity index (χ0n) is 14.6. The maximum Gasteiger partial charge on any atom is 0.433 e. The monoisotopic (exact) mass is 420 g/mol. The second kappa shape index (κ2) is 8.28. The minimum absolute atomic E-state index is 0.197. The van der Waals surface area contributed by atoms with Gasteiger partial charge in [0, 0.05) is 17.8 Å². The molecular weight excluding hydrogens is 407 g/mol. The summed E-state index contributed by atoms with van der Waals surface area (Å²) in [5, 5.41) is 18.5. The van der Waals surface area contributed by atoms with Crippen LogP contribution in [0.2, 0.25) is 10.0 Å². The van der Waals surface area contributed by atoms with Gasteiger partial charge in [0.2, 0.25) is 5.91 Å². The summed E-state index contributed by atoms with van der Waals surface area (Å²) in [4.78, 5) is 22.0. The van der Waals surface area contributed by atoms with E-state index in [-0.39, 0.29) is 5.76 Å². The van der Waals surface area contributed by atoms with E-state index in [1.54, 1.807) is 22.9 Å². The van der Waals surface area contributed by atoms with Crippen LogP contribution in [0.3, 0.4) is 0 Å². The minimum atomic E-state index is -0.652. The molecule has 2 heterocycles. The Bertz CT molecular complexity index is 1070. The van der Waals surface area contributed by atoms with Crippen molar-refractivity contribution in [2.24, 2.45) is 0 Å². The lowest BCUT2D eigenvalue weighted by Gasteiger charge is -2.05. The van der Waals surface area contributed by atoms with E-state index >= 15 is 0 Å². The number of benzene rings is 1. The molecule has 3 aromatic rings. The average molecular weight is 421 g/mol. The number of rotatable bonds is 6. The molecule has 0 radical (unpaired) electrons. The summed E-state index contributed by atoms with van der Waals surface area (Å²) in [5.41, 5.74) is 1.75. The summed E-state index contributed by atoms with van der Waals surface area (Å²) in [5.74, 6) is -0.268. The Hall–Kier alpha value is -3.10. The predicted octanol–water partition coefficient (Wildman–Crippen LogP) is 4.70. The van der Waals surface area contributed by atoms with Crippen LogP contribution in [0.4, 0.5) is 11.7 Å². The van der Waals surface area contributed by atoms with Gasteiger partial charge in [0.25, 0.3) is 0 Å². The molecule has 10 heteroatoms. The number of furan rings is 1. The van der Waals surface area contributed by atoms with Gasteiger partial charge in [-0.2, -0.15) is 5.10 Å². The Kier molecular flexibility index (Phi) is 5.81. The van der Waals surface area contributed by atoms with Gasteiger partial charge in [0.15, 0.2) is 5.82 Å². The molecule has 3 rings (SSSR count). The lowest BCUT2D eigenvalue weighted by Crippen LogP contribution is -2.09. The number of amides is 1. The fraction of sp³-hybridized carbons (Fsp3) is 0.111. The largest absolute Gasteiger partial charge is 0.433 e. The van der Waals surface area contributed by atoms with Crippen LogP contribution in [0.25, 0.3) is 6.08 Å². The van der Waals surface area contributed by atoms with E-state index in [2.05, 4.69) is 10.4 Å². The van der Waals surface area contributed by atoms with Crippen molar-refractivity contribution in [3.63, 3.8) is 0 Å². The van der Waals surface area contributed by atoms with Gasteiger partial charge >= 0.3 is 5.88 Å². The summed E-state index contributed by atoms with van der Waals surface area (Å²) in [6.45, 7) is 2.32. The molecule has 1 aromatic carbocycles. The van der Waals surface area contributed by atoms with Gasteiger partial charge in [-0.15, -0.1) is 0 Å². The first-order valence-corrected chi connectivity index (χ1v) is 8.79. The number of halogens is 2. The van der Waals surface area contributed by atoms with E-state index in [0.717, 1.165) is 11.3 Å². The maximum absolute atomic E-state index is 12.0. The molecule has 0 atom stereocenters. The molecule has 8 nitrogen and oxygen atoms in total. The fourth-order valence-electron chi connectivity index (χ4n) is 2.40. The van der Waals surface area contributed by atoms with E-state index < -0.39 is 16.7 Å². The zero-order valence-corrected chi connectivity index (χ0v) is 16.1. The number of hydrogen-bond donors (Lipinski definition) is 1. The van der Waals surface area contributed by atoms with E-state index in [1.807, 2.05) is 13.0 Å². The number of aromatic nitrogens is 2. The Morgan fingerprint density at radius 2 is 2.07 bits per heavy atom. The third-order valence-corrected chi connectivity index (χ3v) is 4.48. The first-order valence-electron chi connectivity index (χ1n) is 8.03. The molecule has 144 valence electrons. The molecule has 0 unspecified atom stereocenters. The van der Waals surface area contributed by atoms with Crippen LogP contribution in [0, 0.1) is 17.0 Å². The molecule has 0 saturated carbocycles. The van der Waals surface area contributed by atoms with Gasteiger partial charge in [-0.3, -0.25) is 19.6 Å². The smallest absolute Gasteiger partial charge is 0.401 e. The van der Waals surface area contributed by atoms with Crippen LogP contribution >= 0.6 is 23.2 Å². The number of nitro groups is 1. The first-order chi connectivity index (χ1) is 13.3. The lowest BCUT2D eigenvalue weighted by atomic mass is 10.2. The third-order valence-electron chi connectivity index (χ3n) is 3.74. The minimum Gasteiger partial charge on any atom is -0.401 e. The second-order valence-corrected chi connectivity index (χ2v) is 6.65. The predicted molar refractivity (Wildman–Crippen MR) is 106 cm³/mol. The topological polar surface area (TPSA) is 103 Å². The van der Waals surface area contributed by atoms with Crippen molar-refractivity contribution >= 4 is 46.9 Å². The van der Waals surface area contributed by atoms with E-state index in [4.69, 9.17) is 27.6 Å². The van der Waals surface area contributed by atoms with E-state index in [1.165, 1.54) is 24.3 Å². The number of aryl methyl sites for hydroxylation is 1. The molecular formula is C18H14Cl2N4O4. The highest BCUT2D eigenvalue weighted by Gasteiger charge is 2.11. The van der Waals surface area contributed by atoms with Crippen LogP contribution < -0.4 is 5.32 Å². The third kappa shape index (κ3) is 4.79. The van der Waals surface area contributed by atoms with Gasteiger partial charge in [-0.25, -0.2) is 0 Å². The van der Waals surface area contributed by atoms with Crippen molar-refractivity contribution < 1.29 is 14.1 Å². The number of nitrogens with one attached hydrogen (secondary N) is 1. The number of carbonyl (C=O) groups is 1. The average Bonchev–Trinajstić information content (AvgIpc) is 3.24. The Morgan fingerprint density at radius 3 is 2.75 bits per heavy atom. The normalized spacial score (nSPS) is 11.1. The van der Waals surface area contributed by atoms with Crippen molar-refractivity contribution in [2.75, 3.05) is 5.32 Å². The quantitative estimate of drug-likeness (QED) is 0.353. The SMILES string of the molecule is Cc1cc(NC(=O)/C=C/c2ccc([N+](=O)[O-])o2)nn1Cc1ccc(Cl)c(Cl)c1. The van der Waals surface area contributed by atoms with Crippen LogP contribution in [0.1, 0.15) is 17.0 Å². The van der Waals surface area contributed by atoms with Crippen molar-refractivity contribution in [3.8, 4) is 0 Å². The molecule has 0 aliphatic rings. The first kappa shape index (κ1) is 19.7. The number of hydrogen-bond acceptors (Lipinski definition) is 5. The van der Waals surface area contributed by atoms with Crippen LogP contribution in [-0.2, 0) is 11.3 Å². The van der Waals surface area contributed by atoms with Crippen molar-refractivity contribution in [2.45, 2.75) is 13.5 Å². The molecule has 28 heavy (non-hydrogen) atoms. The summed E-state index contributed by atoms with van der Waals surface area (Å²) in [6.07, 6.45) is 2.54. The van der Waals surface area contributed by atoms with Crippen LogP contribution in [-0.4, -0.2) is 20.6 Å². The van der Waals surface area contributed by atoms with Crippen LogP contribution in [0.15, 0.2) is 46.9 Å².